The SMILES string of the molecule is COC(=O)c1cc(OC(F)(F)F)ccc1Nc1ccc(N(C)c2ccc(C3CCCCC3)cc2)cc1C. The lowest BCUT2D eigenvalue weighted by Crippen LogP contribution is -2.17. The average molecular weight is 513 g/mol. The predicted molar refractivity (Wildman–Crippen MR) is 139 cm³/mol. The third-order valence-corrected chi connectivity index (χ3v) is 6.85. The van der Waals surface area contributed by atoms with Crippen LogP contribution in [0.3, 0.4) is 0 Å². The Kier molecular flexibility index (Phi) is 7.95. The van der Waals surface area contributed by atoms with Gasteiger partial charge in [-0.05, 0) is 85.3 Å². The zero-order valence-electron chi connectivity index (χ0n) is 21.2. The molecular weight excluding hydrogens is 481 g/mol. The van der Waals surface area contributed by atoms with Crippen LogP contribution in [0.4, 0.5) is 35.9 Å². The topological polar surface area (TPSA) is 50.8 Å². The molecule has 196 valence electrons. The number of alkyl halides is 3. The Bertz CT molecular complexity index is 1240. The average Bonchev–Trinajstić information content (AvgIpc) is 2.89. The minimum absolute atomic E-state index is 0.0668. The number of halogens is 3. The predicted octanol–water partition coefficient (Wildman–Crippen LogP) is 8.24. The van der Waals surface area contributed by atoms with Crippen molar-refractivity contribution in [2.45, 2.75) is 51.3 Å². The molecule has 1 fully saturated rings. The van der Waals surface area contributed by atoms with E-state index in [0.717, 1.165) is 29.1 Å². The van der Waals surface area contributed by atoms with Crippen LogP contribution in [0.1, 0.15) is 59.5 Å². The van der Waals surface area contributed by atoms with E-state index >= 15 is 0 Å². The quantitative estimate of drug-likeness (QED) is 0.323. The van der Waals surface area contributed by atoms with Gasteiger partial charge in [0, 0.05) is 24.1 Å². The van der Waals surface area contributed by atoms with Crippen molar-refractivity contribution in [3.05, 3.63) is 77.4 Å². The first-order valence-corrected chi connectivity index (χ1v) is 12.3. The molecule has 0 saturated heterocycles. The van der Waals surface area contributed by atoms with Crippen LogP contribution in [0.2, 0.25) is 0 Å². The molecule has 0 aromatic heterocycles. The van der Waals surface area contributed by atoms with Gasteiger partial charge in [0.2, 0.25) is 0 Å². The summed E-state index contributed by atoms with van der Waals surface area (Å²) in [6.07, 6.45) is 1.61. The summed E-state index contributed by atoms with van der Waals surface area (Å²) in [5.41, 5.74) is 5.31. The number of carbonyl (C=O) groups is 1. The largest absolute Gasteiger partial charge is 0.573 e. The fourth-order valence-electron chi connectivity index (χ4n) is 4.81. The van der Waals surface area contributed by atoms with Gasteiger partial charge in [0.15, 0.2) is 0 Å². The molecule has 5 nitrogen and oxygen atoms in total. The number of methoxy groups -OCH3 is 1. The summed E-state index contributed by atoms with van der Waals surface area (Å²) in [7, 11) is 3.17. The summed E-state index contributed by atoms with van der Waals surface area (Å²) in [6.45, 7) is 1.92. The van der Waals surface area contributed by atoms with Crippen LogP contribution in [0.25, 0.3) is 0 Å². The molecule has 1 aliphatic rings. The zero-order chi connectivity index (χ0) is 26.6. The van der Waals surface area contributed by atoms with Crippen molar-refractivity contribution in [1.82, 2.24) is 0 Å². The number of benzene rings is 3. The van der Waals surface area contributed by atoms with E-state index in [1.54, 1.807) is 0 Å². The summed E-state index contributed by atoms with van der Waals surface area (Å²) < 4.78 is 46.6. The van der Waals surface area contributed by atoms with Gasteiger partial charge >= 0.3 is 12.3 Å². The lowest BCUT2D eigenvalue weighted by molar-refractivity contribution is -0.274. The number of esters is 1. The van der Waals surface area contributed by atoms with Crippen LogP contribution in [-0.4, -0.2) is 26.5 Å². The van der Waals surface area contributed by atoms with Crippen LogP contribution in [-0.2, 0) is 4.74 Å². The number of hydrogen-bond acceptors (Lipinski definition) is 5. The molecule has 4 rings (SSSR count). The van der Waals surface area contributed by atoms with Crippen molar-refractivity contribution in [2.75, 3.05) is 24.4 Å². The number of nitrogens with one attached hydrogen (secondary N) is 1. The molecule has 8 heteroatoms. The van der Waals surface area contributed by atoms with Gasteiger partial charge in [0.25, 0.3) is 0 Å². The van der Waals surface area contributed by atoms with E-state index in [2.05, 4.69) is 39.2 Å². The van der Waals surface area contributed by atoms with E-state index in [1.165, 1.54) is 50.8 Å². The second-order valence-corrected chi connectivity index (χ2v) is 9.36. The van der Waals surface area contributed by atoms with Crippen molar-refractivity contribution < 1.29 is 27.4 Å². The first-order chi connectivity index (χ1) is 17.6. The van der Waals surface area contributed by atoms with Gasteiger partial charge in [0.1, 0.15) is 5.75 Å². The van der Waals surface area contributed by atoms with Gasteiger partial charge in [0.05, 0.1) is 18.4 Å². The first-order valence-electron chi connectivity index (χ1n) is 12.3. The van der Waals surface area contributed by atoms with Gasteiger partial charge in [-0.3, -0.25) is 0 Å². The lowest BCUT2D eigenvalue weighted by Gasteiger charge is -2.24. The molecule has 1 saturated carbocycles. The fourth-order valence-corrected chi connectivity index (χ4v) is 4.81. The molecule has 0 aliphatic heterocycles. The highest BCUT2D eigenvalue weighted by Gasteiger charge is 2.31. The van der Waals surface area contributed by atoms with Gasteiger partial charge in [-0.15, -0.1) is 13.2 Å². The maximum absolute atomic E-state index is 12.6. The highest BCUT2D eigenvalue weighted by atomic mass is 19.4. The molecule has 0 bridgehead atoms. The molecule has 0 unspecified atom stereocenters. The fraction of sp³-hybridized carbons (Fsp3) is 0.345. The standard InChI is InChI=1S/C29H31F3N2O3/c1-19-17-23(34(2)22-11-9-21(10-12-22)20-7-5-4-6-8-20)13-15-26(19)33-27-16-14-24(37-29(30,31)32)18-25(27)28(35)36-3/h9-18,20,33H,4-8H2,1-3H3. The van der Waals surface area contributed by atoms with E-state index in [9.17, 15) is 18.0 Å². The minimum Gasteiger partial charge on any atom is -0.465 e. The maximum atomic E-state index is 12.6. The number of aryl methyl sites for hydroxylation is 1. The summed E-state index contributed by atoms with van der Waals surface area (Å²) in [6, 6.07) is 18.1. The van der Waals surface area contributed by atoms with Crippen molar-refractivity contribution in [3.63, 3.8) is 0 Å². The minimum atomic E-state index is -4.86. The third kappa shape index (κ3) is 6.56. The smallest absolute Gasteiger partial charge is 0.465 e. The summed E-state index contributed by atoms with van der Waals surface area (Å²) in [4.78, 5) is 14.3. The highest BCUT2D eigenvalue weighted by molar-refractivity contribution is 5.97. The maximum Gasteiger partial charge on any atom is 0.573 e. The Morgan fingerprint density at radius 1 is 0.919 bits per heavy atom. The number of carbonyl (C=O) groups excluding carboxylic acids is 1. The van der Waals surface area contributed by atoms with Crippen molar-refractivity contribution in [1.29, 1.82) is 0 Å². The molecular formula is C29H31F3N2O3. The molecule has 3 aromatic rings. The number of hydrogen-bond donors (Lipinski definition) is 1. The van der Waals surface area contributed by atoms with Gasteiger partial charge in [-0.25, -0.2) is 4.79 Å². The van der Waals surface area contributed by atoms with E-state index in [-0.39, 0.29) is 5.56 Å². The van der Waals surface area contributed by atoms with Crippen LogP contribution >= 0.6 is 0 Å². The molecule has 37 heavy (non-hydrogen) atoms. The Hall–Kier alpha value is -3.68. The summed E-state index contributed by atoms with van der Waals surface area (Å²) in [5, 5.41) is 3.14. The second-order valence-electron chi connectivity index (χ2n) is 9.36. The van der Waals surface area contributed by atoms with E-state index in [0.29, 0.717) is 17.3 Å². The number of ether oxygens (including phenoxy) is 2. The van der Waals surface area contributed by atoms with Crippen LogP contribution in [0.15, 0.2) is 60.7 Å². The molecule has 1 N–H and O–H groups in total. The van der Waals surface area contributed by atoms with Crippen LogP contribution in [0.5, 0.6) is 5.75 Å². The monoisotopic (exact) mass is 512 g/mol. The normalized spacial score (nSPS) is 14.2. The molecule has 3 aromatic carbocycles. The molecule has 0 atom stereocenters. The Labute approximate surface area is 215 Å². The number of rotatable bonds is 7. The third-order valence-electron chi connectivity index (χ3n) is 6.85. The van der Waals surface area contributed by atoms with Crippen molar-refractivity contribution in [2.24, 2.45) is 0 Å². The summed E-state index contributed by atoms with van der Waals surface area (Å²) in [5.74, 6) is -0.618. The first kappa shape index (κ1) is 26.4. The number of anilines is 4. The van der Waals surface area contributed by atoms with E-state index in [4.69, 9.17) is 4.74 Å². The lowest BCUT2D eigenvalue weighted by atomic mass is 9.84. The highest BCUT2D eigenvalue weighted by Crippen LogP contribution is 2.35. The Balaban J connectivity index is 1.52. The molecule has 0 amide bonds. The second kappa shape index (κ2) is 11.2. The van der Waals surface area contributed by atoms with Gasteiger partial charge in [-0.1, -0.05) is 31.4 Å². The Morgan fingerprint density at radius 2 is 1.57 bits per heavy atom. The molecule has 1 aliphatic carbocycles. The van der Waals surface area contributed by atoms with Crippen molar-refractivity contribution in [3.8, 4) is 5.75 Å². The molecule has 0 radical (unpaired) electrons. The van der Waals surface area contributed by atoms with E-state index < -0.39 is 18.1 Å². The van der Waals surface area contributed by atoms with Gasteiger partial charge < -0.3 is 19.7 Å². The van der Waals surface area contributed by atoms with Gasteiger partial charge in [-0.2, -0.15) is 0 Å². The Morgan fingerprint density at radius 3 is 2.19 bits per heavy atom. The van der Waals surface area contributed by atoms with Crippen LogP contribution < -0.4 is 15.0 Å². The van der Waals surface area contributed by atoms with E-state index in [1.807, 2.05) is 32.2 Å². The van der Waals surface area contributed by atoms with Crippen molar-refractivity contribution >= 4 is 28.7 Å². The summed E-state index contributed by atoms with van der Waals surface area (Å²) >= 11 is 0. The zero-order valence-corrected chi connectivity index (χ0v) is 21.2. The molecule has 0 spiro atoms. The number of nitrogens with zero attached hydrogens (tertiary/aromatic N) is 1. The molecule has 0 heterocycles. The van der Waals surface area contributed by atoms with Crippen LogP contribution in [0, 0.1) is 6.92 Å².